The molecule has 0 saturated heterocycles. The molecule has 0 heteroatoms. The molecule has 1 aliphatic rings. The van der Waals surface area contributed by atoms with Gasteiger partial charge < -0.3 is 0 Å². The molecular formula is C17H38. The Hall–Kier alpha value is -0.260. The summed E-state index contributed by atoms with van der Waals surface area (Å²) in [5.41, 5.74) is 0. The fraction of sp³-hybridized carbons (Fsp3) is 0.882. The van der Waals surface area contributed by atoms with Crippen LogP contribution in [-0.4, -0.2) is 0 Å². The van der Waals surface area contributed by atoms with Crippen LogP contribution in [0.25, 0.3) is 0 Å². The van der Waals surface area contributed by atoms with Crippen LogP contribution in [0.2, 0.25) is 0 Å². The Bertz CT molecular complexity index is 117. The third kappa shape index (κ3) is 12.0. The van der Waals surface area contributed by atoms with E-state index in [1.54, 1.807) is 0 Å². The largest absolute Gasteiger partial charge is 0.106 e. The van der Waals surface area contributed by atoms with Gasteiger partial charge in [-0.2, -0.15) is 0 Å². The van der Waals surface area contributed by atoms with Gasteiger partial charge in [-0.15, -0.1) is 13.2 Å². The molecule has 1 saturated carbocycles. The van der Waals surface area contributed by atoms with E-state index in [9.17, 15) is 0 Å². The van der Waals surface area contributed by atoms with Crippen molar-refractivity contribution in [3.8, 4) is 0 Å². The Morgan fingerprint density at radius 3 is 1.65 bits per heavy atom. The quantitative estimate of drug-likeness (QED) is 0.482. The summed E-state index contributed by atoms with van der Waals surface area (Å²) in [6, 6.07) is 0. The predicted molar refractivity (Wildman–Crippen MR) is 84.5 cm³/mol. The van der Waals surface area contributed by atoms with Crippen molar-refractivity contribution in [2.45, 2.75) is 80.6 Å². The van der Waals surface area contributed by atoms with Crippen molar-refractivity contribution in [1.82, 2.24) is 0 Å². The third-order valence-corrected chi connectivity index (χ3v) is 3.24. The van der Waals surface area contributed by atoms with Crippen LogP contribution in [0.5, 0.6) is 0 Å². The molecular weight excluding hydrogens is 204 g/mol. The molecule has 0 aliphatic heterocycles. The van der Waals surface area contributed by atoms with E-state index >= 15 is 0 Å². The maximum absolute atomic E-state index is 3.00. The minimum atomic E-state index is 1.02. The molecule has 0 radical (unpaired) electrons. The first kappa shape index (κ1) is 22.0. The summed E-state index contributed by atoms with van der Waals surface area (Å²) in [5, 5.41) is 0. The highest BCUT2D eigenvalue weighted by Crippen LogP contribution is 2.42. The molecule has 0 aromatic rings. The van der Waals surface area contributed by atoms with Crippen LogP contribution < -0.4 is 0 Å². The van der Waals surface area contributed by atoms with Crippen LogP contribution >= 0.6 is 0 Å². The number of unbranched alkanes of at least 4 members (excludes halogenated alkanes) is 1. The van der Waals surface area contributed by atoms with Crippen molar-refractivity contribution in [3.05, 3.63) is 13.2 Å². The fourth-order valence-corrected chi connectivity index (χ4v) is 2.02. The predicted octanol–water partition coefficient (Wildman–Crippen LogP) is 6.71. The minimum absolute atomic E-state index is 1.02. The molecule has 17 heavy (non-hydrogen) atoms. The summed E-state index contributed by atoms with van der Waals surface area (Å²) >= 11 is 0. The summed E-state index contributed by atoms with van der Waals surface area (Å²) in [7, 11) is 0. The normalized spacial score (nSPS) is 24.8. The molecule has 3 atom stereocenters. The van der Waals surface area contributed by atoms with Crippen LogP contribution in [-0.2, 0) is 0 Å². The van der Waals surface area contributed by atoms with Gasteiger partial charge in [-0.1, -0.05) is 74.1 Å². The molecule has 0 aromatic heterocycles. The minimum Gasteiger partial charge on any atom is -0.106 e. The molecule has 1 fully saturated rings. The maximum atomic E-state index is 3.00. The summed E-state index contributed by atoms with van der Waals surface area (Å²) in [4.78, 5) is 0. The van der Waals surface area contributed by atoms with Gasteiger partial charge in [0, 0.05) is 0 Å². The highest BCUT2D eigenvalue weighted by Gasteiger charge is 2.32. The van der Waals surface area contributed by atoms with Gasteiger partial charge in [0.15, 0.2) is 0 Å². The second-order valence-corrected chi connectivity index (χ2v) is 4.68. The summed E-state index contributed by atoms with van der Waals surface area (Å²) < 4.78 is 0. The Balaban J connectivity index is -0.000000239. The maximum Gasteiger partial charge on any atom is -0.0383 e. The second kappa shape index (κ2) is 18.1. The topological polar surface area (TPSA) is 0 Å². The SMILES string of the molecule is C=C.CC.CCC.CCCCC1CC(C)C1C. The van der Waals surface area contributed by atoms with Gasteiger partial charge in [0.1, 0.15) is 0 Å². The van der Waals surface area contributed by atoms with Crippen LogP contribution in [0.3, 0.4) is 0 Å². The molecule has 0 heterocycles. The average Bonchev–Trinajstić information content (AvgIpc) is 2.39. The molecule has 0 aromatic carbocycles. The Morgan fingerprint density at radius 2 is 1.41 bits per heavy atom. The first-order valence-electron chi connectivity index (χ1n) is 7.67. The van der Waals surface area contributed by atoms with Crippen LogP contribution in [0, 0.1) is 17.8 Å². The fourth-order valence-electron chi connectivity index (χ4n) is 2.02. The van der Waals surface area contributed by atoms with Crippen LogP contribution in [0.15, 0.2) is 13.2 Å². The average molecular weight is 242 g/mol. The summed E-state index contributed by atoms with van der Waals surface area (Å²) in [6.45, 7) is 21.3. The number of rotatable bonds is 3. The molecule has 0 N–H and O–H groups in total. The number of hydrogen-bond donors (Lipinski definition) is 0. The van der Waals surface area contributed by atoms with Gasteiger partial charge in [-0.25, -0.2) is 0 Å². The lowest BCUT2D eigenvalue weighted by Crippen LogP contribution is -2.32. The van der Waals surface area contributed by atoms with E-state index in [2.05, 4.69) is 47.8 Å². The third-order valence-electron chi connectivity index (χ3n) is 3.24. The Morgan fingerprint density at radius 1 is 1.00 bits per heavy atom. The lowest BCUT2D eigenvalue weighted by molar-refractivity contribution is 0.0930. The van der Waals surface area contributed by atoms with E-state index in [4.69, 9.17) is 0 Å². The van der Waals surface area contributed by atoms with Gasteiger partial charge in [-0.3, -0.25) is 0 Å². The van der Waals surface area contributed by atoms with Crippen molar-refractivity contribution in [3.63, 3.8) is 0 Å². The second-order valence-electron chi connectivity index (χ2n) is 4.68. The van der Waals surface area contributed by atoms with Crippen molar-refractivity contribution >= 4 is 0 Å². The lowest BCUT2D eigenvalue weighted by atomic mass is 9.65. The van der Waals surface area contributed by atoms with Gasteiger partial charge >= 0.3 is 0 Å². The van der Waals surface area contributed by atoms with E-state index in [1.165, 1.54) is 32.1 Å². The van der Waals surface area contributed by atoms with E-state index < -0.39 is 0 Å². The smallest absolute Gasteiger partial charge is 0.0383 e. The zero-order chi connectivity index (χ0) is 14.3. The summed E-state index contributed by atoms with van der Waals surface area (Å²) in [6.07, 6.45) is 7.06. The van der Waals surface area contributed by atoms with Crippen molar-refractivity contribution in [2.24, 2.45) is 17.8 Å². The molecule has 0 nitrogen and oxygen atoms in total. The van der Waals surface area contributed by atoms with Gasteiger partial charge in [0.2, 0.25) is 0 Å². The molecule has 0 amide bonds. The van der Waals surface area contributed by atoms with E-state index in [0.29, 0.717) is 0 Å². The molecule has 3 unspecified atom stereocenters. The highest BCUT2D eigenvalue weighted by atomic mass is 14.4. The first-order valence-corrected chi connectivity index (χ1v) is 7.67. The standard InChI is InChI=1S/C10H20.C3H8.C2H6.C2H4/c1-4-5-6-10-7-8(2)9(10)3;1-3-2;2*1-2/h8-10H,4-7H2,1-3H3;3H2,1-2H3;1-2H3;1-2H2. The Kier molecular flexibility index (Phi) is 23.4. The van der Waals surface area contributed by atoms with Gasteiger partial charge in [0.25, 0.3) is 0 Å². The molecule has 106 valence electrons. The summed E-state index contributed by atoms with van der Waals surface area (Å²) in [5.74, 6) is 3.11. The Labute approximate surface area is 112 Å². The lowest BCUT2D eigenvalue weighted by Gasteiger charge is -2.41. The van der Waals surface area contributed by atoms with E-state index in [-0.39, 0.29) is 0 Å². The highest BCUT2D eigenvalue weighted by molar-refractivity contribution is 4.83. The van der Waals surface area contributed by atoms with Crippen molar-refractivity contribution in [2.75, 3.05) is 0 Å². The molecule has 1 rings (SSSR count). The van der Waals surface area contributed by atoms with Crippen LogP contribution in [0.4, 0.5) is 0 Å². The molecule has 0 bridgehead atoms. The first-order chi connectivity index (χ1) is 8.17. The van der Waals surface area contributed by atoms with E-state index in [1.807, 2.05) is 13.8 Å². The van der Waals surface area contributed by atoms with E-state index in [0.717, 1.165) is 17.8 Å². The van der Waals surface area contributed by atoms with Crippen molar-refractivity contribution in [1.29, 1.82) is 0 Å². The van der Waals surface area contributed by atoms with Crippen molar-refractivity contribution < 1.29 is 0 Å². The zero-order valence-corrected chi connectivity index (χ0v) is 13.7. The van der Waals surface area contributed by atoms with Crippen LogP contribution in [0.1, 0.15) is 80.6 Å². The van der Waals surface area contributed by atoms with Gasteiger partial charge in [-0.05, 0) is 24.2 Å². The molecule has 0 spiro atoms. The number of hydrogen-bond acceptors (Lipinski definition) is 0. The monoisotopic (exact) mass is 242 g/mol. The zero-order valence-electron chi connectivity index (χ0n) is 13.7. The van der Waals surface area contributed by atoms with Gasteiger partial charge in [0.05, 0.1) is 0 Å². The molecule has 1 aliphatic carbocycles.